The average molecular weight is 413 g/mol. The molecule has 30 heavy (non-hydrogen) atoms. The van der Waals surface area contributed by atoms with Gasteiger partial charge in [0.25, 0.3) is 11.8 Å². The van der Waals surface area contributed by atoms with Crippen molar-refractivity contribution >= 4 is 29.7 Å². The number of nitrogens with zero attached hydrogens (tertiary/aromatic N) is 3. The molecule has 0 unspecified atom stereocenters. The molecule has 1 aliphatic rings. The van der Waals surface area contributed by atoms with Crippen LogP contribution in [-0.2, 0) is 4.79 Å². The summed E-state index contributed by atoms with van der Waals surface area (Å²) in [5.41, 5.74) is 9.99. The number of rotatable bonds is 9. The van der Waals surface area contributed by atoms with Gasteiger partial charge in [-0.1, -0.05) is 13.0 Å². The van der Waals surface area contributed by atoms with E-state index in [2.05, 4.69) is 21.0 Å². The second-order valence-corrected chi connectivity index (χ2v) is 6.36. The summed E-state index contributed by atoms with van der Waals surface area (Å²) in [6.07, 6.45) is 4.47. The highest BCUT2D eigenvalue weighted by atomic mass is 16.2. The van der Waals surface area contributed by atoms with E-state index in [1.165, 1.54) is 6.20 Å². The number of carbonyl (C=O) groups excluding carboxylic acids is 2. The van der Waals surface area contributed by atoms with Crippen molar-refractivity contribution in [2.45, 2.75) is 13.3 Å². The molecule has 0 radical (unpaired) electrons. The van der Waals surface area contributed by atoms with Gasteiger partial charge < -0.3 is 21.8 Å². The molecular weight excluding hydrogens is 386 g/mol. The molecule has 11 heteroatoms. The molecule has 0 atom stereocenters. The summed E-state index contributed by atoms with van der Waals surface area (Å²) in [5, 5.41) is 22.6. The van der Waals surface area contributed by atoms with Crippen LogP contribution < -0.4 is 26.8 Å². The smallest absolute Gasteiger partial charge is 0.274 e. The van der Waals surface area contributed by atoms with E-state index in [1.807, 2.05) is 13.1 Å². The number of amidine groups is 1. The number of hydrazine groups is 1. The average Bonchev–Trinajstić information content (AvgIpc) is 3.25. The fraction of sp³-hybridized carbons (Fsp3) is 0.316. The molecule has 0 saturated heterocycles. The van der Waals surface area contributed by atoms with Crippen LogP contribution in [0.1, 0.15) is 23.8 Å². The van der Waals surface area contributed by atoms with Crippen LogP contribution in [0.15, 0.2) is 41.9 Å². The summed E-state index contributed by atoms with van der Waals surface area (Å²) >= 11 is 0. The third kappa shape index (κ3) is 5.49. The monoisotopic (exact) mass is 413 g/mol. The van der Waals surface area contributed by atoms with Crippen molar-refractivity contribution in [2.75, 3.05) is 31.7 Å². The SMILES string of the molecule is CCCN(C(=N)/C(=C\NC)NC(=O)c1cccc(N2C=C(CN)CN2)n1)C(=O)C=N. The van der Waals surface area contributed by atoms with Crippen LogP contribution in [0.4, 0.5) is 5.82 Å². The first-order valence-corrected chi connectivity index (χ1v) is 9.44. The Hall–Kier alpha value is -3.57. The van der Waals surface area contributed by atoms with Gasteiger partial charge in [0.2, 0.25) is 0 Å². The van der Waals surface area contributed by atoms with E-state index >= 15 is 0 Å². The summed E-state index contributed by atoms with van der Waals surface area (Å²) in [7, 11) is 1.61. The van der Waals surface area contributed by atoms with Gasteiger partial charge in [-0.3, -0.25) is 24.9 Å². The zero-order valence-corrected chi connectivity index (χ0v) is 17.0. The third-order valence-electron chi connectivity index (χ3n) is 4.16. The van der Waals surface area contributed by atoms with E-state index in [0.717, 1.165) is 10.5 Å². The number of hydrogen-bond donors (Lipinski definition) is 6. The van der Waals surface area contributed by atoms with E-state index in [0.29, 0.717) is 31.5 Å². The highest BCUT2D eigenvalue weighted by molar-refractivity contribution is 6.30. The van der Waals surface area contributed by atoms with E-state index in [4.69, 9.17) is 16.6 Å². The molecule has 7 N–H and O–H groups in total. The molecule has 1 aromatic rings. The fourth-order valence-corrected chi connectivity index (χ4v) is 2.69. The molecule has 0 aliphatic carbocycles. The van der Waals surface area contributed by atoms with Gasteiger partial charge in [0.1, 0.15) is 11.5 Å². The maximum absolute atomic E-state index is 12.8. The molecule has 11 nitrogen and oxygen atoms in total. The molecule has 0 spiro atoms. The highest BCUT2D eigenvalue weighted by Gasteiger charge is 2.22. The minimum absolute atomic E-state index is 0.0861. The van der Waals surface area contributed by atoms with Gasteiger partial charge in [0.15, 0.2) is 5.84 Å². The van der Waals surface area contributed by atoms with Gasteiger partial charge in [0.05, 0.1) is 11.9 Å². The van der Waals surface area contributed by atoms with Gasteiger partial charge in [-0.25, -0.2) is 10.4 Å². The Labute approximate surface area is 175 Å². The Bertz CT molecular complexity index is 879. The van der Waals surface area contributed by atoms with Crippen molar-refractivity contribution in [2.24, 2.45) is 5.73 Å². The van der Waals surface area contributed by atoms with Crippen LogP contribution in [0.5, 0.6) is 0 Å². The fourth-order valence-electron chi connectivity index (χ4n) is 2.69. The van der Waals surface area contributed by atoms with Crippen molar-refractivity contribution in [3.8, 4) is 0 Å². The Morgan fingerprint density at radius 2 is 2.20 bits per heavy atom. The second kappa shape index (κ2) is 10.8. The molecule has 0 aromatic carbocycles. The topological polar surface area (TPSA) is 163 Å². The summed E-state index contributed by atoms with van der Waals surface area (Å²) in [6, 6.07) is 5.00. The first kappa shape index (κ1) is 22.7. The molecule has 0 fully saturated rings. The zero-order chi connectivity index (χ0) is 22.1. The quantitative estimate of drug-likeness (QED) is 0.243. The molecule has 0 bridgehead atoms. The lowest BCUT2D eigenvalue weighted by Gasteiger charge is -2.23. The van der Waals surface area contributed by atoms with Crippen molar-refractivity contribution in [3.63, 3.8) is 0 Å². The molecule has 1 aromatic heterocycles. The van der Waals surface area contributed by atoms with Gasteiger partial charge in [-0.2, -0.15) is 0 Å². The Morgan fingerprint density at radius 1 is 1.43 bits per heavy atom. The third-order valence-corrected chi connectivity index (χ3v) is 4.16. The normalized spacial score (nSPS) is 13.5. The van der Waals surface area contributed by atoms with E-state index in [-0.39, 0.29) is 23.8 Å². The van der Waals surface area contributed by atoms with E-state index in [9.17, 15) is 9.59 Å². The molecule has 0 saturated carbocycles. The predicted molar refractivity (Wildman–Crippen MR) is 115 cm³/mol. The lowest BCUT2D eigenvalue weighted by molar-refractivity contribution is -0.120. The largest absolute Gasteiger partial charge is 0.392 e. The zero-order valence-electron chi connectivity index (χ0n) is 17.0. The summed E-state index contributed by atoms with van der Waals surface area (Å²) < 4.78 is 0. The van der Waals surface area contributed by atoms with E-state index < -0.39 is 11.8 Å². The lowest BCUT2D eigenvalue weighted by Crippen LogP contribution is -2.43. The summed E-state index contributed by atoms with van der Waals surface area (Å²) in [4.78, 5) is 30.3. The number of aromatic nitrogens is 1. The first-order chi connectivity index (χ1) is 14.4. The minimum Gasteiger partial charge on any atom is -0.392 e. The maximum atomic E-state index is 12.8. The van der Waals surface area contributed by atoms with Crippen LogP contribution in [0, 0.1) is 10.8 Å². The highest BCUT2D eigenvalue weighted by Crippen LogP contribution is 2.15. The minimum atomic E-state index is -0.638. The Morgan fingerprint density at radius 3 is 2.80 bits per heavy atom. The number of anilines is 1. The molecule has 2 heterocycles. The van der Waals surface area contributed by atoms with Gasteiger partial charge >= 0.3 is 0 Å². The van der Waals surface area contributed by atoms with Crippen molar-refractivity contribution < 1.29 is 9.59 Å². The van der Waals surface area contributed by atoms with Crippen molar-refractivity contribution in [1.82, 2.24) is 25.9 Å². The standard InChI is InChI=1S/C19H27N9O2/c1-3-7-27(17(29)9-21)18(22)15(11-23-2)26-19(30)14-5-4-6-16(25-14)28-12-13(8-20)10-24-28/h4-6,9,11-12,21-24H,3,7-8,10,20H2,1-2H3,(H,26,30)/b15-11+,21-9?,22-18?. The number of amides is 2. The molecule has 160 valence electrons. The number of nitrogens with two attached hydrogens (primary N) is 1. The summed E-state index contributed by atoms with van der Waals surface area (Å²) in [6.45, 7) is 3.12. The molecule has 2 rings (SSSR count). The van der Waals surface area contributed by atoms with E-state index in [1.54, 1.807) is 30.3 Å². The Balaban J connectivity index is 2.21. The lowest BCUT2D eigenvalue weighted by atomic mass is 10.2. The predicted octanol–water partition coefficient (Wildman–Crippen LogP) is -0.0952. The second-order valence-electron chi connectivity index (χ2n) is 6.36. The van der Waals surface area contributed by atoms with Gasteiger partial charge in [0, 0.05) is 39.1 Å². The number of carbonyl (C=O) groups is 2. The number of hydrogen-bond acceptors (Lipinski definition) is 9. The number of pyridine rings is 1. The first-order valence-electron chi connectivity index (χ1n) is 9.44. The van der Waals surface area contributed by atoms with Gasteiger partial charge in [-0.15, -0.1) is 0 Å². The molecule has 2 amide bonds. The van der Waals surface area contributed by atoms with Crippen molar-refractivity contribution in [1.29, 1.82) is 10.8 Å². The molecular formula is C19H27N9O2. The number of nitrogens with one attached hydrogen (secondary N) is 5. The van der Waals surface area contributed by atoms with Crippen LogP contribution in [0.25, 0.3) is 0 Å². The molecule has 1 aliphatic heterocycles. The van der Waals surface area contributed by atoms with Crippen LogP contribution in [-0.4, -0.2) is 60.4 Å². The maximum Gasteiger partial charge on any atom is 0.274 e. The van der Waals surface area contributed by atoms with Gasteiger partial charge in [-0.05, 0) is 24.1 Å². The van der Waals surface area contributed by atoms with Crippen molar-refractivity contribution in [3.05, 3.63) is 47.6 Å². The van der Waals surface area contributed by atoms with Crippen LogP contribution in [0.3, 0.4) is 0 Å². The van der Waals surface area contributed by atoms with Crippen LogP contribution in [0.2, 0.25) is 0 Å². The summed E-state index contributed by atoms with van der Waals surface area (Å²) in [5.74, 6) is -0.877. The van der Waals surface area contributed by atoms with Crippen LogP contribution >= 0.6 is 0 Å². The Kier molecular flexibility index (Phi) is 8.20.